The molecule has 1 aromatic heterocycles. The first-order valence-electron chi connectivity index (χ1n) is 10.8. The van der Waals surface area contributed by atoms with Gasteiger partial charge in [0.25, 0.3) is 5.91 Å². The van der Waals surface area contributed by atoms with Crippen molar-refractivity contribution in [1.82, 2.24) is 14.9 Å². The fourth-order valence-corrected chi connectivity index (χ4v) is 5.15. The maximum Gasteiger partial charge on any atom is 0.254 e. The molecule has 2 aliphatic heterocycles. The molecule has 0 radical (unpaired) electrons. The second kappa shape index (κ2) is 7.88. The number of nitrogens with zero attached hydrogens (tertiary/aromatic N) is 5. The second-order valence-electron chi connectivity index (χ2n) is 8.49. The first-order chi connectivity index (χ1) is 14.7. The largest absolute Gasteiger partial charge is 0.350 e. The van der Waals surface area contributed by atoms with Crippen LogP contribution in [0.4, 0.5) is 5.82 Å². The minimum atomic E-state index is 0.123. The van der Waals surface area contributed by atoms with Gasteiger partial charge in [-0.05, 0) is 62.1 Å². The number of carbonyl (C=O) groups is 1. The number of amides is 1. The number of aromatic nitrogens is 2. The van der Waals surface area contributed by atoms with Crippen LogP contribution in [0.2, 0.25) is 5.15 Å². The zero-order chi connectivity index (χ0) is 20.7. The van der Waals surface area contributed by atoms with E-state index in [1.54, 1.807) is 6.20 Å². The molecule has 0 N–H and O–H groups in total. The molecular formula is C23H24ClN5O. The molecular weight excluding hydrogens is 398 g/mol. The van der Waals surface area contributed by atoms with Crippen LogP contribution in [-0.2, 0) is 0 Å². The van der Waals surface area contributed by atoms with E-state index in [9.17, 15) is 4.79 Å². The molecule has 1 amide bonds. The van der Waals surface area contributed by atoms with Gasteiger partial charge in [0.2, 0.25) is 0 Å². The summed E-state index contributed by atoms with van der Waals surface area (Å²) in [4.78, 5) is 26.2. The molecule has 3 heterocycles. The van der Waals surface area contributed by atoms with Crippen LogP contribution in [0.1, 0.15) is 66.1 Å². The molecule has 6 nitrogen and oxygen atoms in total. The lowest BCUT2D eigenvalue weighted by Gasteiger charge is -2.49. The van der Waals surface area contributed by atoms with E-state index in [-0.39, 0.29) is 28.8 Å². The second-order valence-corrected chi connectivity index (χ2v) is 8.84. The van der Waals surface area contributed by atoms with Gasteiger partial charge in [0, 0.05) is 18.7 Å². The molecule has 2 aromatic rings. The molecule has 0 spiro atoms. The minimum absolute atomic E-state index is 0.123. The number of halogens is 1. The van der Waals surface area contributed by atoms with Crippen molar-refractivity contribution in [3.8, 4) is 6.07 Å². The Hall–Kier alpha value is -2.65. The first kappa shape index (κ1) is 19.3. The molecule has 30 heavy (non-hydrogen) atoms. The summed E-state index contributed by atoms with van der Waals surface area (Å²) >= 11 is 6.14. The molecule has 2 atom stereocenters. The number of carbonyl (C=O) groups excluding carboxylic acids is 1. The SMILES string of the molecule is N#Cc1ncc(N2CCCC3C2CCCN3C(=O)c2ccc(C3CC3)cc2)nc1Cl. The number of benzene rings is 1. The van der Waals surface area contributed by atoms with Crippen molar-refractivity contribution in [2.45, 2.75) is 56.5 Å². The fourth-order valence-electron chi connectivity index (χ4n) is 4.97. The van der Waals surface area contributed by atoms with Crippen molar-refractivity contribution >= 4 is 23.3 Å². The van der Waals surface area contributed by atoms with Gasteiger partial charge in [0.15, 0.2) is 10.8 Å². The van der Waals surface area contributed by atoms with E-state index in [2.05, 4.69) is 31.9 Å². The highest BCUT2D eigenvalue weighted by molar-refractivity contribution is 6.30. The van der Waals surface area contributed by atoms with Crippen molar-refractivity contribution in [3.63, 3.8) is 0 Å². The Labute approximate surface area is 181 Å². The molecule has 3 fully saturated rings. The van der Waals surface area contributed by atoms with E-state index in [1.165, 1.54) is 18.4 Å². The number of anilines is 1. The summed E-state index contributed by atoms with van der Waals surface area (Å²) in [5.74, 6) is 1.51. The summed E-state index contributed by atoms with van der Waals surface area (Å²) < 4.78 is 0. The standard InChI is InChI=1S/C23H24ClN5O/c24-22-18(13-25)26-14-21(27-22)28-11-1-4-20-19(28)3-2-12-29(20)23(30)17-9-7-16(8-10-17)15-5-6-15/h7-10,14-15,19-20H,1-6,11-12H2. The molecule has 0 bridgehead atoms. The Morgan fingerprint density at radius 1 is 1.07 bits per heavy atom. The van der Waals surface area contributed by atoms with Gasteiger partial charge in [-0.3, -0.25) is 4.79 Å². The fraction of sp³-hybridized carbons (Fsp3) is 0.478. The highest BCUT2D eigenvalue weighted by atomic mass is 35.5. The van der Waals surface area contributed by atoms with Crippen LogP contribution < -0.4 is 4.90 Å². The third-order valence-corrected chi connectivity index (χ3v) is 6.89. The average molecular weight is 422 g/mol. The van der Waals surface area contributed by atoms with Crippen LogP contribution in [0.3, 0.4) is 0 Å². The van der Waals surface area contributed by atoms with Crippen LogP contribution >= 0.6 is 11.6 Å². The number of likely N-dealkylation sites (tertiary alicyclic amines) is 1. The van der Waals surface area contributed by atoms with Crippen LogP contribution in [0.15, 0.2) is 30.5 Å². The zero-order valence-corrected chi connectivity index (χ0v) is 17.6. The summed E-state index contributed by atoms with van der Waals surface area (Å²) in [6.07, 6.45) is 8.09. The molecule has 2 unspecified atom stereocenters. The first-order valence-corrected chi connectivity index (χ1v) is 11.1. The highest BCUT2D eigenvalue weighted by Gasteiger charge is 2.40. The Morgan fingerprint density at radius 2 is 1.80 bits per heavy atom. The smallest absolute Gasteiger partial charge is 0.254 e. The molecule has 7 heteroatoms. The molecule has 1 aromatic carbocycles. The topological polar surface area (TPSA) is 73.1 Å². The number of rotatable bonds is 3. The minimum Gasteiger partial charge on any atom is -0.350 e. The Morgan fingerprint density at radius 3 is 2.50 bits per heavy atom. The molecule has 2 saturated heterocycles. The number of hydrogen-bond acceptors (Lipinski definition) is 5. The van der Waals surface area contributed by atoms with E-state index in [0.717, 1.165) is 44.3 Å². The Kier molecular flexibility index (Phi) is 5.08. The summed E-state index contributed by atoms with van der Waals surface area (Å²) in [7, 11) is 0. The van der Waals surface area contributed by atoms with Gasteiger partial charge < -0.3 is 9.80 Å². The van der Waals surface area contributed by atoms with E-state index < -0.39 is 0 Å². The predicted molar refractivity (Wildman–Crippen MR) is 115 cm³/mol. The number of piperidine rings is 2. The molecule has 154 valence electrons. The van der Waals surface area contributed by atoms with Gasteiger partial charge in [0.1, 0.15) is 11.9 Å². The average Bonchev–Trinajstić information content (AvgIpc) is 3.63. The van der Waals surface area contributed by atoms with Crippen molar-refractivity contribution in [3.05, 3.63) is 52.4 Å². The van der Waals surface area contributed by atoms with Crippen LogP contribution in [-0.4, -0.2) is 45.9 Å². The quantitative estimate of drug-likeness (QED) is 0.744. The molecule has 1 saturated carbocycles. The third-order valence-electron chi connectivity index (χ3n) is 6.63. The van der Waals surface area contributed by atoms with Crippen molar-refractivity contribution < 1.29 is 4.79 Å². The normalized spacial score (nSPS) is 23.6. The highest BCUT2D eigenvalue weighted by Crippen LogP contribution is 2.40. The van der Waals surface area contributed by atoms with Gasteiger partial charge in [0.05, 0.1) is 18.3 Å². The summed E-state index contributed by atoms with van der Waals surface area (Å²) in [6, 6.07) is 10.5. The predicted octanol–water partition coefficient (Wildman–Crippen LogP) is 4.15. The Balaban J connectivity index is 1.37. The summed E-state index contributed by atoms with van der Waals surface area (Å²) in [5.41, 5.74) is 2.27. The summed E-state index contributed by atoms with van der Waals surface area (Å²) in [6.45, 7) is 1.65. The molecule has 1 aliphatic carbocycles. The van der Waals surface area contributed by atoms with Crippen LogP contribution in [0, 0.1) is 11.3 Å². The van der Waals surface area contributed by atoms with E-state index >= 15 is 0 Å². The van der Waals surface area contributed by atoms with Gasteiger partial charge >= 0.3 is 0 Å². The number of fused-ring (bicyclic) bond motifs is 1. The number of hydrogen-bond donors (Lipinski definition) is 0. The third kappa shape index (κ3) is 3.52. The van der Waals surface area contributed by atoms with Gasteiger partial charge in [-0.25, -0.2) is 9.97 Å². The maximum atomic E-state index is 13.4. The van der Waals surface area contributed by atoms with Crippen LogP contribution in [0.5, 0.6) is 0 Å². The van der Waals surface area contributed by atoms with Crippen molar-refractivity contribution in [2.75, 3.05) is 18.0 Å². The van der Waals surface area contributed by atoms with Crippen molar-refractivity contribution in [2.24, 2.45) is 0 Å². The maximum absolute atomic E-state index is 13.4. The molecule has 5 rings (SSSR count). The lowest BCUT2D eigenvalue weighted by atomic mass is 9.87. The molecule has 3 aliphatic rings. The van der Waals surface area contributed by atoms with E-state index in [1.807, 2.05) is 18.2 Å². The van der Waals surface area contributed by atoms with Gasteiger partial charge in [-0.1, -0.05) is 23.7 Å². The van der Waals surface area contributed by atoms with E-state index in [4.69, 9.17) is 16.9 Å². The monoisotopic (exact) mass is 421 g/mol. The van der Waals surface area contributed by atoms with Gasteiger partial charge in [-0.2, -0.15) is 5.26 Å². The number of nitriles is 1. The summed E-state index contributed by atoms with van der Waals surface area (Å²) in [5, 5.41) is 9.20. The lowest BCUT2D eigenvalue weighted by molar-refractivity contribution is 0.0524. The van der Waals surface area contributed by atoms with E-state index in [0.29, 0.717) is 11.7 Å². The van der Waals surface area contributed by atoms with Crippen molar-refractivity contribution in [1.29, 1.82) is 5.26 Å². The van der Waals surface area contributed by atoms with Crippen LogP contribution in [0.25, 0.3) is 0 Å². The van der Waals surface area contributed by atoms with Gasteiger partial charge in [-0.15, -0.1) is 0 Å². The Bertz CT molecular complexity index is 998. The lowest BCUT2D eigenvalue weighted by Crippen LogP contribution is -2.60. The zero-order valence-electron chi connectivity index (χ0n) is 16.8.